The van der Waals surface area contributed by atoms with Gasteiger partial charge in [0.15, 0.2) is 5.78 Å². The van der Waals surface area contributed by atoms with Gasteiger partial charge < -0.3 is 4.74 Å². The van der Waals surface area contributed by atoms with Crippen molar-refractivity contribution in [1.29, 1.82) is 0 Å². The molecule has 0 atom stereocenters. The van der Waals surface area contributed by atoms with Gasteiger partial charge in [0.25, 0.3) is 0 Å². The lowest BCUT2D eigenvalue weighted by molar-refractivity contribution is 0.0993. The fourth-order valence-electron chi connectivity index (χ4n) is 2.44. The number of ketones is 1. The molecule has 3 rings (SSSR count). The van der Waals surface area contributed by atoms with Crippen molar-refractivity contribution in [1.82, 2.24) is 0 Å². The third kappa shape index (κ3) is 2.69. The van der Waals surface area contributed by atoms with Crippen molar-refractivity contribution in [3.8, 4) is 5.75 Å². The highest BCUT2D eigenvalue weighted by Crippen LogP contribution is 2.27. The Balaban J connectivity index is 1.89. The van der Waals surface area contributed by atoms with Crippen LogP contribution in [0.3, 0.4) is 0 Å². The molecule has 0 bridgehead atoms. The molecule has 1 aromatic heterocycles. The molecule has 3 heteroatoms. The molecule has 0 spiro atoms. The van der Waals surface area contributed by atoms with Crippen LogP contribution in [0.15, 0.2) is 47.8 Å². The van der Waals surface area contributed by atoms with Crippen LogP contribution < -0.4 is 4.74 Å². The van der Waals surface area contributed by atoms with Crippen molar-refractivity contribution < 1.29 is 9.53 Å². The number of ether oxygens (including phenoxy) is 1. The van der Waals surface area contributed by atoms with Gasteiger partial charge in [-0.3, -0.25) is 4.79 Å². The number of carbonyl (C=O) groups excluding carboxylic acids is 1. The third-order valence-electron chi connectivity index (χ3n) is 3.64. The molecule has 21 heavy (non-hydrogen) atoms. The van der Waals surface area contributed by atoms with Crippen LogP contribution in [0.5, 0.6) is 5.75 Å². The number of fused-ring (bicyclic) bond motifs is 1. The number of benzene rings is 2. The summed E-state index contributed by atoms with van der Waals surface area (Å²) < 4.78 is 6.51. The maximum atomic E-state index is 12.5. The zero-order valence-corrected chi connectivity index (χ0v) is 12.9. The summed E-state index contributed by atoms with van der Waals surface area (Å²) in [6.07, 6.45) is 0.427. The summed E-state index contributed by atoms with van der Waals surface area (Å²) in [5.41, 5.74) is 2.84. The Kier molecular flexibility index (Phi) is 3.76. The largest absolute Gasteiger partial charge is 0.496 e. The molecule has 0 saturated heterocycles. The standard InChI is InChI=1S/C18H16O2S/c1-12-7-8-13(10-17(12)20-2)16(19)9-14-11-21-18-6-4-3-5-15(14)18/h3-8,10-11H,9H2,1-2H3. The van der Waals surface area contributed by atoms with Crippen LogP contribution in [-0.4, -0.2) is 12.9 Å². The first-order chi connectivity index (χ1) is 10.2. The molecule has 106 valence electrons. The molecule has 3 aromatic rings. The highest BCUT2D eigenvalue weighted by atomic mass is 32.1. The molecule has 2 aromatic carbocycles. The van der Waals surface area contributed by atoms with Crippen molar-refractivity contribution in [3.63, 3.8) is 0 Å². The minimum atomic E-state index is 0.122. The van der Waals surface area contributed by atoms with Crippen molar-refractivity contribution in [2.24, 2.45) is 0 Å². The van der Waals surface area contributed by atoms with E-state index in [-0.39, 0.29) is 5.78 Å². The fraction of sp³-hybridized carbons (Fsp3) is 0.167. The zero-order chi connectivity index (χ0) is 14.8. The molecule has 0 saturated carbocycles. The minimum absolute atomic E-state index is 0.122. The van der Waals surface area contributed by atoms with Gasteiger partial charge in [0.05, 0.1) is 7.11 Å². The molecule has 0 amide bonds. The topological polar surface area (TPSA) is 26.3 Å². The van der Waals surface area contributed by atoms with Crippen molar-refractivity contribution in [2.75, 3.05) is 7.11 Å². The van der Waals surface area contributed by atoms with E-state index in [9.17, 15) is 4.79 Å². The second-order valence-electron chi connectivity index (χ2n) is 5.04. The lowest BCUT2D eigenvalue weighted by atomic mass is 10.0. The number of hydrogen-bond acceptors (Lipinski definition) is 3. The number of methoxy groups -OCH3 is 1. The van der Waals surface area contributed by atoms with Gasteiger partial charge in [-0.15, -0.1) is 11.3 Å². The SMILES string of the molecule is COc1cc(C(=O)Cc2csc3ccccc23)ccc1C. The van der Waals surface area contributed by atoms with Crippen molar-refractivity contribution in [3.05, 3.63) is 64.5 Å². The lowest BCUT2D eigenvalue weighted by Gasteiger charge is -2.07. The maximum absolute atomic E-state index is 12.5. The lowest BCUT2D eigenvalue weighted by Crippen LogP contribution is -2.04. The fourth-order valence-corrected chi connectivity index (χ4v) is 3.40. The van der Waals surface area contributed by atoms with E-state index in [0.717, 1.165) is 16.9 Å². The monoisotopic (exact) mass is 296 g/mol. The van der Waals surface area contributed by atoms with Gasteiger partial charge >= 0.3 is 0 Å². The summed E-state index contributed by atoms with van der Waals surface area (Å²) >= 11 is 1.68. The van der Waals surface area contributed by atoms with Crippen LogP contribution in [0.25, 0.3) is 10.1 Å². The summed E-state index contributed by atoms with van der Waals surface area (Å²) in [7, 11) is 1.63. The Labute approximate surface area is 128 Å². The molecular weight excluding hydrogens is 280 g/mol. The zero-order valence-electron chi connectivity index (χ0n) is 12.1. The molecule has 0 aliphatic rings. The summed E-state index contributed by atoms with van der Waals surface area (Å²) in [6, 6.07) is 13.8. The normalized spacial score (nSPS) is 10.8. The first-order valence-electron chi connectivity index (χ1n) is 6.82. The Hall–Kier alpha value is -2.13. The van der Waals surface area contributed by atoms with E-state index in [4.69, 9.17) is 4.74 Å². The van der Waals surface area contributed by atoms with E-state index in [2.05, 4.69) is 17.5 Å². The van der Waals surface area contributed by atoms with Gasteiger partial charge in [0, 0.05) is 16.7 Å². The van der Waals surface area contributed by atoms with Crippen LogP contribution in [0, 0.1) is 6.92 Å². The average Bonchev–Trinajstić information content (AvgIpc) is 2.91. The minimum Gasteiger partial charge on any atom is -0.496 e. The van der Waals surface area contributed by atoms with E-state index in [1.54, 1.807) is 18.4 Å². The molecule has 0 fully saturated rings. The number of thiophene rings is 1. The van der Waals surface area contributed by atoms with E-state index in [1.165, 1.54) is 10.1 Å². The highest BCUT2D eigenvalue weighted by molar-refractivity contribution is 7.17. The van der Waals surface area contributed by atoms with E-state index in [0.29, 0.717) is 12.0 Å². The molecule has 0 N–H and O–H groups in total. The summed E-state index contributed by atoms with van der Waals surface area (Å²) in [6.45, 7) is 1.97. The summed E-state index contributed by atoms with van der Waals surface area (Å²) in [5.74, 6) is 0.882. The number of aryl methyl sites for hydroxylation is 1. The smallest absolute Gasteiger partial charge is 0.167 e. The maximum Gasteiger partial charge on any atom is 0.167 e. The Morgan fingerprint density at radius 1 is 1.19 bits per heavy atom. The van der Waals surface area contributed by atoms with Crippen LogP contribution in [-0.2, 0) is 6.42 Å². The Morgan fingerprint density at radius 2 is 2.00 bits per heavy atom. The molecule has 0 aliphatic carbocycles. The Bertz CT molecular complexity index is 802. The summed E-state index contributed by atoms with van der Waals surface area (Å²) in [5, 5.41) is 3.25. The molecule has 2 nitrogen and oxygen atoms in total. The molecule has 0 aliphatic heterocycles. The quantitative estimate of drug-likeness (QED) is 0.655. The van der Waals surface area contributed by atoms with Gasteiger partial charge in [0.2, 0.25) is 0 Å². The van der Waals surface area contributed by atoms with Gasteiger partial charge in [-0.25, -0.2) is 0 Å². The molecule has 0 radical (unpaired) electrons. The van der Waals surface area contributed by atoms with Crippen LogP contribution in [0.2, 0.25) is 0 Å². The Morgan fingerprint density at radius 3 is 2.81 bits per heavy atom. The van der Waals surface area contributed by atoms with Gasteiger partial charge in [0.1, 0.15) is 5.75 Å². The number of hydrogen-bond donors (Lipinski definition) is 0. The third-order valence-corrected chi connectivity index (χ3v) is 4.65. The second-order valence-corrected chi connectivity index (χ2v) is 5.95. The predicted molar refractivity (Wildman–Crippen MR) is 87.6 cm³/mol. The van der Waals surface area contributed by atoms with Gasteiger partial charge in [-0.2, -0.15) is 0 Å². The molecule has 0 unspecified atom stereocenters. The second kappa shape index (κ2) is 5.70. The summed E-state index contributed by atoms with van der Waals surface area (Å²) in [4.78, 5) is 12.5. The molecule has 1 heterocycles. The van der Waals surface area contributed by atoms with Crippen LogP contribution >= 0.6 is 11.3 Å². The van der Waals surface area contributed by atoms with Crippen molar-refractivity contribution in [2.45, 2.75) is 13.3 Å². The number of rotatable bonds is 4. The van der Waals surface area contributed by atoms with Gasteiger partial charge in [-0.1, -0.05) is 30.3 Å². The average molecular weight is 296 g/mol. The van der Waals surface area contributed by atoms with E-state index in [1.807, 2.05) is 37.3 Å². The predicted octanol–water partition coefficient (Wildman–Crippen LogP) is 4.64. The van der Waals surface area contributed by atoms with Gasteiger partial charge in [-0.05, 0) is 40.9 Å². The van der Waals surface area contributed by atoms with Crippen molar-refractivity contribution >= 4 is 27.2 Å². The van der Waals surface area contributed by atoms with E-state index >= 15 is 0 Å². The highest BCUT2D eigenvalue weighted by Gasteiger charge is 2.12. The van der Waals surface area contributed by atoms with Crippen LogP contribution in [0.4, 0.5) is 0 Å². The molecular formula is C18H16O2S. The first kappa shape index (κ1) is 13.8. The van der Waals surface area contributed by atoms with Crippen LogP contribution in [0.1, 0.15) is 21.5 Å². The first-order valence-corrected chi connectivity index (χ1v) is 7.70. The number of Topliss-reactive ketones (excluding diaryl/α,β-unsaturated/α-hetero) is 1. The number of carbonyl (C=O) groups is 1. The van der Waals surface area contributed by atoms with E-state index < -0.39 is 0 Å².